The topological polar surface area (TPSA) is 73.3 Å². The van der Waals surface area contributed by atoms with Crippen molar-refractivity contribution in [2.45, 2.75) is 6.18 Å². The Labute approximate surface area is 108 Å². The Morgan fingerprint density at radius 3 is 2.45 bits per heavy atom. The van der Waals surface area contributed by atoms with Gasteiger partial charge in [-0.3, -0.25) is 10.1 Å². The molecule has 0 fully saturated rings. The zero-order valence-corrected chi connectivity index (χ0v) is 9.63. The molecule has 0 radical (unpaired) electrons. The first kappa shape index (κ1) is 12.3. The molecule has 0 bridgehead atoms. The molecule has 0 spiro atoms. The van der Waals surface area contributed by atoms with Gasteiger partial charge in [-0.15, -0.1) is 5.10 Å². The van der Waals surface area contributed by atoms with Gasteiger partial charge in [-0.25, -0.2) is 9.50 Å². The Bertz CT molecular complexity index is 841. The molecule has 9 heteroatoms. The highest BCUT2D eigenvalue weighted by Gasteiger charge is 2.36. The standard InChI is InChI=1S/C11H5F3N4O2/c12-11(13,14)10-15-9-7-4-2-1-3-6(7)8(18(19)20)5-17(9)16-10/h1-5H. The monoisotopic (exact) mass is 282 g/mol. The van der Waals surface area contributed by atoms with Gasteiger partial charge in [0.2, 0.25) is 0 Å². The lowest BCUT2D eigenvalue weighted by Crippen LogP contribution is -2.07. The molecule has 0 N–H and O–H groups in total. The van der Waals surface area contributed by atoms with Gasteiger partial charge < -0.3 is 0 Å². The van der Waals surface area contributed by atoms with Crippen molar-refractivity contribution in [2.75, 3.05) is 0 Å². The van der Waals surface area contributed by atoms with Crippen LogP contribution in [0.25, 0.3) is 16.4 Å². The van der Waals surface area contributed by atoms with Gasteiger partial charge >= 0.3 is 6.18 Å². The summed E-state index contributed by atoms with van der Waals surface area (Å²) in [5.41, 5.74) is -0.398. The number of benzene rings is 1. The first-order valence-corrected chi connectivity index (χ1v) is 5.37. The second-order valence-electron chi connectivity index (χ2n) is 4.02. The molecule has 0 unspecified atom stereocenters. The van der Waals surface area contributed by atoms with Gasteiger partial charge in [0.05, 0.1) is 10.3 Å². The molecule has 0 atom stereocenters. The number of rotatable bonds is 1. The van der Waals surface area contributed by atoms with Crippen LogP contribution in [-0.2, 0) is 6.18 Å². The van der Waals surface area contributed by atoms with E-state index in [4.69, 9.17) is 0 Å². The first-order valence-electron chi connectivity index (χ1n) is 5.37. The van der Waals surface area contributed by atoms with Crippen LogP contribution in [0.1, 0.15) is 5.82 Å². The molecule has 0 aliphatic rings. The number of pyridine rings is 1. The highest BCUT2D eigenvalue weighted by molar-refractivity contribution is 5.99. The van der Waals surface area contributed by atoms with Gasteiger partial charge in [-0.1, -0.05) is 18.2 Å². The molecule has 0 saturated heterocycles. The third kappa shape index (κ3) is 1.75. The van der Waals surface area contributed by atoms with Crippen LogP contribution in [0, 0.1) is 10.1 Å². The Morgan fingerprint density at radius 2 is 1.85 bits per heavy atom. The molecule has 2 heterocycles. The average Bonchev–Trinajstić information content (AvgIpc) is 2.81. The second-order valence-corrected chi connectivity index (χ2v) is 4.02. The third-order valence-electron chi connectivity index (χ3n) is 2.77. The fourth-order valence-corrected chi connectivity index (χ4v) is 1.95. The number of aromatic nitrogens is 3. The van der Waals surface area contributed by atoms with Gasteiger partial charge in [-0.2, -0.15) is 13.2 Å². The highest BCUT2D eigenvalue weighted by atomic mass is 19.4. The summed E-state index contributed by atoms with van der Waals surface area (Å²) in [4.78, 5) is 13.7. The number of alkyl halides is 3. The SMILES string of the molecule is O=[N+]([O-])c1cn2nc(C(F)(F)F)nc2c2ccccc12. The van der Waals surface area contributed by atoms with E-state index in [0.717, 1.165) is 10.7 Å². The fourth-order valence-electron chi connectivity index (χ4n) is 1.95. The van der Waals surface area contributed by atoms with Crippen molar-refractivity contribution in [3.05, 3.63) is 46.4 Å². The Hall–Kier alpha value is -2.71. The zero-order chi connectivity index (χ0) is 14.5. The van der Waals surface area contributed by atoms with Gasteiger partial charge in [0.1, 0.15) is 6.20 Å². The smallest absolute Gasteiger partial charge is 0.258 e. The Morgan fingerprint density at radius 1 is 1.20 bits per heavy atom. The van der Waals surface area contributed by atoms with Crippen molar-refractivity contribution in [1.29, 1.82) is 0 Å². The molecular formula is C11H5F3N4O2. The van der Waals surface area contributed by atoms with Crippen LogP contribution in [0.3, 0.4) is 0 Å². The molecule has 3 aromatic rings. The summed E-state index contributed by atoms with van der Waals surface area (Å²) in [5, 5.41) is 14.7. The summed E-state index contributed by atoms with van der Waals surface area (Å²) in [6.45, 7) is 0. The molecule has 0 aliphatic carbocycles. The second kappa shape index (κ2) is 3.89. The number of fused-ring (bicyclic) bond motifs is 3. The molecule has 2 aromatic heterocycles. The van der Waals surface area contributed by atoms with Crippen LogP contribution in [0.15, 0.2) is 30.5 Å². The highest BCUT2D eigenvalue weighted by Crippen LogP contribution is 2.31. The van der Waals surface area contributed by atoms with Crippen LogP contribution >= 0.6 is 0 Å². The molecule has 1 aromatic carbocycles. The van der Waals surface area contributed by atoms with E-state index in [0.29, 0.717) is 0 Å². The first-order chi connectivity index (χ1) is 9.38. The van der Waals surface area contributed by atoms with Crippen LogP contribution < -0.4 is 0 Å². The lowest BCUT2D eigenvalue weighted by atomic mass is 10.1. The maximum atomic E-state index is 12.6. The van der Waals surface area contributed by atoms with Crippen molar-refractivity contribution in [3.63, 3.8) is 0 Å². The minimum Gasteiger partial charge on any atom is -0.258 e. The summed E-state index contributed by atoms with van der Waals surface area (Å²) in [6, 6.07) is 6.04. The van der Waals surface area contributed by atoms with Crippen LogP contribution in [-0.4, -0.2) is 19.5 Å². The zero-order valence-electron chi connectivity index (χ0n) is 9.63. The molecular weight excluding hydrogens is 277 g/mol. The van der Waals surface area contributed by atoms with Crippen molar-refractivity contribution < 1.29 is 18.1 Å². The van der Waals surface area contributed by atoms with Crippen molar-refractivity contribution in [3.8, 4) is 0 Å². The van der Waals surface area contributed by atoms with Gasteiger partial charge in [0, 0.05) is 5.39 Å². The molecule has 3 rings (SSSR count). The summed E-state index contributed by atoms with van der Waals surface area (Å²) in [7, 11) is 0. The summed E-state index contributed by atoms with van der Waals surface area (Å²) in [6.07, 6.45) is -3.78. The molecule has 20 heavy (non-hydrogen) atoms. The lowest BCUT2D eigenvalue weighted by molar-refractivity contribution is -0.383. The van der Waals surface area contributed by atoms with Crippen LogP contribution in [0.2, 0.25) is 0 Å². The van der Waals surface area contributed by atoms with E-state index in [2.05, 4.69) is 10.1 Å². The summed E-state index contributed by atoms with van der Waals surface area (Å²) >= 11 is 0. The van der Waals surface area contributed by atoms with Gasteiger partial charge in [0.25, 0.3) is 11.5 Å². The minimum atomic E-state index is -4.71. The predicted octanol–water partition coefficient (Wildman–Crippen LogP) is 2.81. The van der Waals surface area contributed by atoms with Crippen LogP contribution in [0.4, 0.5) is 18.9 Å². The van der Waals surface area contributed by atoms with E-state index in [1.807, 2.05) is 0 Å². The summed E-state index contributed by atoms with van der Waals surface area (Å²) in [5.74, 6) is -1.33. The maximum absolute atomic E-state index is 12.6. The maximum Gasteiger partial charge on any atom is 0.453 e. The van der Waals surface area contributed by atoms with Gasteiger partial charge in [0.15, 0.2) is 5.65 Å². The fraction of sp³-hybridized carbons (Fsp3) is 0.0909. The van der Waals surface area contributed by atoms with E-state index in [-0.39, 0.29) is 22.1 Å². The number of nitro groups is 1. The largest absolute Gasteiger partial charge is 0.453 e. The minimum absolute atomic E-state index is 0.0708. The molecule has 6 nitrogen and oxygen atoms in total. The normalized spacial score (nSPS) is 12.2. The van der Waals surface area contributed by atoms with Crippen molar-refractivity contribution >= 4 is 22.1 Å². The Kier molecular flexibility index (Phi) is 2.40. The van der Waals surface area contributed by atoms with Crippen LogP contribution in [0.5, 0.6) is 0 Å². The predicted molar refractivity (Wildman–Crippen MR) is 62.1 cm³/mol. The molecule has 0 saturated carbocycles. The Balaban J connectivity index is 2.45. The van der Waals surface area contributed by atoms with E-state index >= 15 is 0 Å². The molecule has 0 aliphatic heterocycles. The average molecular weight is 282 g/mol. The van der Waals surface area contributed by atoms with Crippen molar-refractivity contribution in [2.24, 2.45) is 0 Å². The number of nitrogens with zero attached hydrogens (tertiary/aromatic N) is 4. The van der Waals surface area contributed by atoms with E-state index in [9.17, 15) is 23.3 Å². The summed E-state index contributed by atoms with van der Waals surface area (Å²) < 4.78 is 38.6. The van der Waals surface area contributed by atoms with E-state index in [1.54, 1.807) is 12.1 Å². The lowest BCUT2D eigenvalue weighted by Gasteiger charge is -2.00. The molecule has 102 valence electrons. The number of hydrogen-bond acceptors (Lipinski definition) is 4. The third-order valence-corrected chi connectivity index (χ3v) is 2.77. The molecule has 0 amide bonds. The van der Waals surface area contributed by atoms with E-state index < -0.39 is 16.9 Å². The number of hydrogen-bond donors (Lipinski definition) is 0. The van der Waals surface area contributed by atoms with E-state index in [1.165, 1.54) is 12.1 Å². The quantitative estimate of drug-likeness (QED) is 0.508. The van der Waals surface area contributed by atoms with Crippen molar-refractivity contribution in [1.82, 2.24) is 14.6 Å². The number of halogens is 3. The van der Waals surface area contributed by atoms with Gasteiger partial charge in [-0.05, 0) is 6.07 Å².